The Bertz CT molecular complexity index is 2660. The predicted octanol–water partition coefficient (Wildman–Crippen LogP) is 15.2. The molecule has 73 heavy (non-hydrogen) atoms. The molecule has 9 nitrogen and oxygen atoms in total. The van der Waals surface area contributed by atoms with E-state index in [2.05, 4.69) is 97.3 Å². The highest BCUT2D eigenvalue weighted by Crippen LogP contribution is 2.62. The van der Waals surface area contributed by atoms with Crippen LogP contribution in [0.3, 0.4) is 0 Å². The maximum absolute atomic E-state index is 15.6. The van der Waals surface area contributed by atoms with Crippen molar-refractivity contribution in [2.45, 2.75) is 167 Å². The number of aliphatic hydroxyl groups excluding tert-OH is 2. The van der Waals surface area contributed by atoms with Crippen molar-refractivity contribution in [3.63, 3.8) is 0 Å². The van der Waals surface area contributed by atoms with E-state index in [-0.39, 0.29) is 43.5 Å². The first-order valence-electron chi connectivity index (χ1n) is 27.8. The lowest BCUT2D eigenvalue weighted by Gasteiger charge is -2.60. The van der Waals surface area contributed by atoms with E-state index in [1.54, 1.807) is 6.08 Å². The molecular formula is C64H82N2O7. The van der Waals surface area contributed by atoms with E-state index in [9.17, 15) is 10.2 Å². The summed E-state index contributed by atoms with van der Waals surface area (Å²) >= 11 is 0. The number of hydrogen-bond acceptors (Lipinski definition) is 8. The van der Waals surface area contributed by atoms with Gasteiger partial charge in [0.15, 0.2) is 0 Å². The summed E-state index contributed by atoms with van der Waals surface area (Å²) in [4.78, 5) is 24.1. The van der Waals surface area contributed by atoms with Crippen molar-refractivity contribution in [3.05, 3.63) is 139 Å². The smallest absolute Gasteiger partial charge is 0.239 e. The maximum atomic E-state index is 15.6. The Morgan fingerprint density at radius 3 is 2.19 bits per heavy atom. The Morgan fingerprint density at radius 2 is 1.45 bits per heavy atom. The third-order valence-corrected chi connectivity index (χ3v) is 15.4. The number of rotatable bonds is 27. The number of benzene rings is 5. The summed E-state index contributed by atoms with van der Waals surface area (Å²) in [6, 6.07) is 34.8. The molecule has 0 aromatic heterocycles. The van der Waals surface area contributed by atoms with Gasteiger partial charge >= 0.3 is 0 Å². The van der Waals surface area contributed by atoms with Gasteiger partial charge in [-0.25, -0.2) is 0 Å². The Morgan fingerprint density at radius 1 is 0.781 bits per heavy atom. The molecule has 1 saturated carbocycles. The summed E-state index contributed by atoms with van der Waals surface area (Å²) in [7, 11) is 0. The summed E-state index contributed by atoms with van der Waals surface area (Å²) in [6.45, 7) is 13.3. The molecule has 1 fully saturated rings. The molecule has 0 spiro atoms. The van der Waals surface area contributed by atoms with Gasteiger partial charge in [-0.05, 0) is 128 Å². The number of carbonyl (C=O) groups is 1. The second kappa shape index (κ2) is 25.6. The molecule has 6 atom stereocenters. The second-order valence-electron chi connectivity index (χ2n) is 21.8. The van der Waals surface area contributed by atoms with Crippen LogP contribution in [0.5, 0.6) is 17.2 Å². The first-order chi connectivity index (χ1) is 35.6. The van der Waals surface area contributed by atoms with Crippen molar-refractivity contribution in [2.75, 3.05) is 19.8 Å². The third kappa shape index (κ3) is 13.1. The molecule has 0 saturated heterocycles. The van der Waals surface area contributed by atoms with Crippen LogP contribution in [0.4, 0.5) is 0 Å². The molecule has 8 rings (SSSR count). The van der Waals surface area contributed by atoms with E-state index in [0.29, 0.717) is 43.7 Å². The number of unbranched alkanes of at least 4 members (excludes halogenated alkanes) is 10. The van der Waals surface area contributed by atoms with E-state index < -0.39 is 23.3 Å². The van der Waals surface area contributed by atoms with Crippen LogP contribution in [-0.4, -0.2) is 64.0 Å². The number of hydrogen-bond donors (Lipinski definition) is 2. The summed E-state index contributed by atoms with van der Waals surface area (Å²) in [5.74, 6) is 0.406. The number of oxime groups is 1. The molecule has 1 amide bonds. The van der Waals surface area contributed by atoms with Crippen LogP contribution in [0.15, 0.2) is 133 Å². The number of allylic oxidation sites excluding steroid dienone is 1. The summed E-state index contributed by atoms with van der Waals surface area (Å²) in [6.07, 6.45) is 20.1. The van der Waals surface area contributed by atoms with Crippen LogP contribution in [-0.2, 0) is 20.9 Å². The first-order valence-corrected chi connectivity index (χ1v) is 27.8. The van der Waals surface area contributed by atoms with Gasteiger partial charge in [-0.15, -0.1) is 6.58 Å². The van der Waals surface area contributed by atoms with Gasteiger partial charge in [-0.1, -0.05) is 161 Å². The molecule has 1 aliphatic heterocycles. The number of nitrogens with zero attached hydrogens (tertiary/aromatic N) is 2. The number of amides is 1. The number of ether oxygens (including phenoxy) is 3. The number of fused-ring (bicyclic) bond motifs is 4. The van der Waals surface area contributed by atoms with Crippen LogP contribution < -0.4 is 9.47 Å². The highest BCUT2D eigenvalue weighted by molar-refractivity contribution is 6.03. The fourth-order valence-corrected chi connectivity index (χ4v) is 12.0. The largest absolute Gasteiger partial charge is 0.459 e. The van der Waals surface area contributed by atoms with Crippen molar-refractivity contribution < 1.29 is 34.1 Å². The molecule has 0 bridgehead atoms. The average molecular weight is 991 g/mol. The van der Waals surface area contributed by atoms with E-state index in [0.717, 1.165) is 94.7 Å². The topological polar surface area (TPSA) is 110 Å². The lowest BCUT2D eigenvalue weighted by molar-refractivity contribution is -0.258. The fraction of sp³-hybridized carbons (Fsp3) is 0.500. The molecule has 9 heteroatoms. The van der Waals surface area contributed by atoms with Crippen LogP contribution in [0.1, 0.15) is 154 Å². The Balaban J connectivity index is 1.29. The minimum atomic E-state index is -1.37. The molecule has 5 aromatic rings. The van der Waals surface area contributed by atoms with Crippen molar-refractivity contribution >= 4 is 33.2 Å². The molecule has 5 aromatic carbocycles. The monoisotopic (exact) mass is 991 g/mol. The first kappa shape index (κ1) is 53.8. The van der Waals surface area contributed by atoms with Crippen molar-refractivity contribution in [3.8, 4) is 17.2 Å². The second-order valence-corrected chi connectivity index (χ2v) is 21.8. The highest BCUT2D eigenvalue weighted by Gasteiger charge is 2.65. The summed E-state index contributed by atoms with van der Waals surface area (Å²) < 4.78 is 21.8. The van der Waals surface area contributed by atoms with Crippen molar-refractivity contribution in [1.82, 2.24) is 4.90 Å². The molecule has 390 valence electrons. The van der Waals surface area contributed by atoms with E-state index in [4.69, 9.17) is 24.2 Å². The van der Waals surface area contributed by atoms with E-state index in [1.165, 1.54) is 38.5 Å². The molecular weight excluding hydrogens is 909 g/mol. The Kier molecular flexibility index (Phi) is 18.9. The zero-order valence-electron chi connectivity index (χ0n) is 44.2. The van der Waals surface area contributed by atoms with Crippen LogP contribution >= 0.6 is 0 Å². The van der Waals surface area contributed by atoms with Gasteiger partial charge in [-0.2, -0.15) is 0 Å². The van der Waals surface area contributed by atoms with Crippen molar-refractivity contribution in [2.24, 2.45) is 22.9 Å². The molecule has 0 radical (unpaired) electrons. The van der Waals surface area contributed by atoms with Gasteiger partial charge in [0.1, 0.15) is 28.9 Å². The molecule has 2 aliphatic carbocycles. The summed E-state index contributed by atoms with van der Waals surface area (Å²) in [5.41, 5.74) is 3.30. The number of aliphatic hydroxyl groups is 2. The van der Waals surface area contributed by atoms with Crippen LogP contribution in [0, 0.1) is 17.8 Å². The van der Waals surface area contributed by atoms with Crippen LogP contribution in [0.2, 0.25) is 0 Å². The van der Waals surface area contributed by atoms with Gasteiger partial charge < -0.3 is 34.2 Å². The highest BCUT2D eigenvalue weighted by atomic mass is 16.7. The van der Waals surface area contributed by atoms with E-state index >= 15 is 4.79 Å². The molecule has 3 aliphatic rings. The molecule has 2 N–H and O–H groups in total. The van der Waals surface area contributed by atoms with E-state index in [1.807, 2.05) is 51.1 Å². The lowest BCUT2D eigenvalue weighted by Crippen LogP contribution is -2.70. The van der Waals surface area contributed by atoms with Gasteiger partial charge in [0, 0.05) is 44.1 Å². The zero-order chi connectivity index (χ0) is 51.2. The normalized spacial score (nSPS) is 21.8. The lowest BCUT2D eigenvalue weighted by atomic mass is 9.55. The minimum Gasteiger partial charge on any atom is -0.459 e. The number of carbonyl (C=O) groups excluding carboxylic acids is 1. The predicted molar refractivity (Wildman–Crippen MR) is 296 cm³/mol. The van der Waals surface area contributed by atoms with Gasteiger partial charge in [-0.3, -0.25) is 4.79 Å². The summed E-state index contributed by atoms with van der Waals surface area (Å²) in [5, 5.41) is 29.8. The van der Waals surface area contributed by atoms with Crippen LogP contribution in [0.25, 0.3) is 21.5 Å². The molecule has 0 unspecified atom stereocenters. The Hall–Kier alpha value is -5.48. The maximum Gasteiger partial charge on any atom is 0.239 e. The van der Waals surface area contributed by atoms with Gasteiger partial charge in [0.2, 0.25) is 11.7 Å². The fourth-order valence-electron chi connectivity index (χ4n) is 12.0. The minimum absolute atomic E-state index is 0.0632. The quantitative estimate of drug-likeness (QED) is 0.0306. The average Bonchev–Trinajstić information content (AvgIpc) is 3.39. The molecule has 1 heterocycles. The SMILES string of the molecule is C=CCO[C@@]12Oc3ccc(Oc4ccc5ccccc5c4)cc3[C@H]3[C@H](CCCCO)[C@@H](CCCCO)C=C(C(=NOC(C)(C)C)C[C@@H]1N(Cc1cccc4ccccc14)C(=O)CCCCCCCCCCC)[C@H]32. The zero-order valence-corrected chi connectivity index (χ0v) is 44.2. The Labute approximate surface area is 435 Å². The standard InChI is InChI=1S/C64H82N2O7/c1-6-8-9-10-11-12-13-14-15-33-60(69)66(45-50-30-24-29-47-26-18-19-31-53(47)50)59-44-57(65-73-63(3,4)5)55-42-49(28-20-22-38-67)54(32-21-23-39-68)61-56-43-52(71-51-35-34-46-25-16-17-27-48(46)41-51)36-37-58(56)72-64(59,62(55)61)70-40-7-2/h7,16-19,24-27,29-31,34-37,41-43,49,54,59,61-62,67-68H,2,6,8-15,20-23,28,32-33,38-40,44-45H2,1,3-5H3/t49-,54+,59-,61+,62+,64+/m0/s1. The van der Waals surface area contributed by atoms with Gasteiger partial charge in [0.05, 0.1) is 18.2 Å². The van der Waals surface area contributed by atoms with Gasteiger partial charge in [0.25, 0.3) is 0 Å². The van der Waals surface area contributed by atoms with Crippen molar-refractivity contribution in [1.29, 1.82) is 0 Å². The third-order valence-electron chi connectivity index (χ3n) is 15.4.